The van der Waals surface area contributed by atoms with E-state index in [1.807, 2.05) is 29.3 Å². The van der Waals surface area contributed by atoms with Gasteiger partial charge in [-0.05, 0) is 57.0 Å². The molecule has 2 N–H and O–H groups in total. The van der Waals surface area contributed by atoms with Gasteiger partial charge in [-0.3, -0.25) is 0 Å². The minimum atomic E-state index is -0.340. The zero-order valence-corrected chi connectivity index (χ0v) is 19.6. The third-order valence-corrected chi connectivity index (χ3v) is 8.55. The maximum Gasteiger partial charge on any atom is 0.141 e. The number of anilines is 2. The molecule has 1 aromatic carbocycles. The van der Waals surface area contributed by atoms with Gasteiger partial charge in [-0.1, -0.05) is 6.07 Å². The lowest BCUT2D eigenvalue weighted by atomic mass is 9.86. The summed E-state index contributed by atoms with van der Waals surface area (Å²) in [6.45, 7) is 1.56. The molecular weight excluding hydrogens is 443 g/mol. The number of halogens is 1. The molecule has 1 aliphatic heterocycles. The summed E-state index contributed by atoms with van der Waals surface area (Å²) in [5.74, 6) is 0.854. The van der Waals surface area contributed by atoms with Crippen molar-refractivity contribution in [2.24, 2.45) is 0 Å². The second-order valence-corrected chi connectivity index (χ2v) is 10.8. The van der Waals surface area contributed by atoms with Crippen LogP contribution in [0, 0.1) is 5.82 Å². The number of thiazole rings is 1. The number of aromatic nitrogens is 2. The first-order valence-corrected chi connectivity index (χ1v) is 12.8. The Hall–Kier alpha value is -2.00. The SMILES string of the molecule is CNC1CCC(c2ncc(-c3ccc(Nc4ccc(F)cn4)cc3SC3COC3)s2)CC1. The fraction of sp³-hybridized carbons (Fsp3) is 0.417. The number of nitrogens with one attached hydrogen (secondary N) is 2. The van der Waals surface area contributed by atoms with Crippen molar-refractivity contribution >= 4 is 34.6 Å². The van der Waals surface area contributed by atoms with Gasteiger partial charge in [0.25, 0.3) is 0 Å². The van der Waals surface area contributed by atoms with E-state index in [0.29, 0.717) is 23.0 Å². The van der Waals surface area contributed by atoms with E-state index in [-0.39, 0.29) is 5.82 Å². The highest BCUT2D eigenvalue weighted by atomic mass is 32.2. The molecule has 3 aromatic rings. The van der Waals surface area contributed by atoms with Gasteiger partial charge in [0.05, 0.1) is 34.5 Å². The number of benzene rings is 1. The lowest BCUT2D eigenvalue weighted by molar-refractivity contribution is 0.0455. The van der Waals surface area contributed by atoms with Gasteiger partial charge in [-0.15, -0.1) is 23.1 Å². The van der Waals surface area contributed by atoms with Crippen molar-refractivity contribution in [3.63, 3.8) is 0 Å². The summed E-state index contributed by atoms with van der Waals surface area (Å²) < 4.78 is 18.6. The molecule has 5 nitrogen and oxygen atoms in total. The average molecular weight is 471 g/mol. The first kappa shape index (κ1) is 21.8. The monoisotopic (exact) mass is 470 g/mol. The summed E-state index contributed by atoms with van der Waals surface area (Å²) in [6, 6.07) is 10.1. The lowest BCUT2D eigenvalue weighted by Gasteiger charge is -2.27. The van der Waals surface area contributed by atoms with Gasteiger partial charge >= 0.3 is 0 Å². The molecule has 0 bridgehead atoms. The molecule has 1 saturated carbocycles. The van der Waals surface area contributed by atoms with Gasteiger partial charge in [-0.2, -0.15) is 0 Å². The number of hydrogen-bond donors (Lipinski definition) is 2. The number of rotatable bonds is 7. The number of nitrogens with zero attached hydrogens (tertiary/aromatic N) is 2. The Morgan fingerprint density at radius 2 is 1.91 bits per heavy atom. The van der Waals surface area contributed by atoms with Crippen molar-refractivity contribution in [1.29, 1.82) is 0 Å². The Morgan fingerprint density at radius 3 is 2.59 bits per heavy atom. The number of hydrogen-bond acceptors (Lipinski definition) is 7. The fourth-order valence-electron chi connectivity index (χ4n) is 4.19. The molecule has 2 fully saturated rings. The molecule has 5 rings (SSSR count). The van der Waals surface area contributed by atoms with Crippen molar-refractivity contribution in [2.45, 2.75) is 47.8 Å². The fourth-order valence-corrected chi connectivity index (χ4v) is 6.57. The van der Waals surface area contributed by atoms with Gasteiger partial charge in [0.15, 0.2) is 0 Å². The molecule has 0 amide bonds. The number of thioether (sulfide) groups is 1. The van der Waals surface area contributed by atoms with Crippen LogP contribution in [-0.2, 0) is 4.74 Å². The third kappa shape index (κ3) is 4.98. The first-order valence-electron chi connectivity index (χ1n) is 11.1. The molecule has 0 unspecified atom stereocenters. The first-order chi connectivity index (χ1) is 15.7. The van der Waals surface area contributed by atoms with Crippen molar-refractivity contribution < 1.29 is 9.13 Å². The third-order valence-electron chi connectivity index (χ3n) is 6.16. The van der Waals surface area contributed by atoms with E-state index in [4.69, 9.17) is 9.72 Å². The molecular formula is C24H27FN4OS2. The molecule has 168 valence electrons. The molecule has 0 radical (unpaired) electrons. The van der Waals surface area contributed by atoms with Crippen LogP contribution < -0.4 is 10.6 Å². The predicted octanol–water partition coefficient (Wildman–Crippen LogP) is 5.82. The lowest BCUT2D eigenvalue weighted by Crippen LogP contribution is -2.30. The molecule has 3 heterocycles. The van der Waals surface area contributed by atoms with Crippen molar-refractivity contribution in [3.8, 4) is 10.4 Å². The maximum atomic E-state index is 13.2. The van der Waals surface area contributed by atoms with Crippen LogP contribution in [0.25, 0.3) is 10.4 Å². The van der Waals surface area contributed by atoms with E-state index in [1.54, 1.807) is 6.07 Å². The second-order valence-electron chi connectivity index (χ2n) is 8.37. The minimum absolute atomic E-state index is 0.340. The molecule has 2 aromatic heterocycles. The zero-order valence-electron chi connectivity index (χ0n) is 18.0. The molecule has 2 aliphatic rings. The van der Waals surface area contributed by atoms with Crippen LogP contribution in [0.2, 0.25) is 0 Å². The standard InChI is InChI=1S/C24H27FN4OS2/c1-26-17-5-2-15(3-6-17)24-28-12-22(32-24)20-8-7-18(10-21(20)31-19-13-30-14-19)29-23-9-4-16(25)11-27-23/h4,7-12,15,17,19,26H,2-3,5-6,13-14H2,1H3,(H,27,29). The summed E-state index contributed by atoms with van der Waals surface area (Å²) in [5, 5.41) is 8.42. The second kappa shape index (κ2) is 9.87. The van der Waals surface area contributed by atoms with Gasteiger partial charge in [-0.25, -0.2) is 14.4 Å². The Morgan fingerprint density at radius 1 is 1.06 bits per heavy atom. The van der Waals surface area contributed by atoms with E-state index in [9.17, 15) is 4.39 Å². The number of pyridine rings is 1. The summed E-state index contributed by atoms with van der Waals surface area (Å²) in [7, 11) is 2.06. The molecule has 32 heavy (non-hydrogen) atoms. The molecule has 0 spiro atoms. The Kier molecular flexibility index (Phi) is 6.73. The maximum absolute atomic E-state index is 13.2. The van der Waals surface area contributed by atoms with Crippen LogP contribution in [0.1, 0.15) is 36.6 Å². The molecule has 8 heteroatoms. The van der Waals surface area contributed by atoms with Crippen LogP contribution in [0.15, 0.2) is 47.6 Å². The molecule has 0 atom stereocenters. The van der Waals surface area contributed by atoms with Crippen molar-refractivity contribution in [2.75, 3.05) is 25.6 Å². The highest BCUT2D eigenvalue weighted by Crippen LogP contribution is 2.42. The van der Waals surface area contributed by atoms with E-state index in [1.165, 1.54) is 58.3 Å². The van der Waals surface area contributed by atoms with Crippen LogP contribution in [0.5, 0.6) is 0 Å². The van der Waals surface area contributed by atoms with Gasteiger partial charge < -0.3 is 15.4 Å². The van der Waals surface area contributed by atoms with Gasteiger partial charge in [0.2, 0.25) is 0 Å². The van der Waals surface area contributed by atoms with Crippen molar-refractivity contribution in [3.05, 3.63) is 53.6 Å². The quantitative estimate of drug-likeness (QED) is 0.453. The topological polar surface area (TPSA) is 59.1 Å². The minimum Gasteiger partial charge on any atom is -0.379 e. The Labute approximate surface area is 196 Å². The highest BCUT2D eigenvalue weighted by Gasteiger charge is 2.25. The molecule has 1 saturated heterocycles. The summed E-state index contributed by atoms with van der Waals surface area (Å²) >= 11 is 3.68. The van der Waals surface area contributed by atoms with Crippen LogP contribution in [0.3, 0.4) is 0 Å². The number of ether oxygens (including phenoxy) is 1. The summed E-state index contributed by atoms with van der Waals surface area (Å²) in [4.78, 5) is 11.4. The van der Waals surface area contributed by atoms with Crippen LogP contribution >= 0.6 is 23.1 Å². The largest absolute Gasteiger partial charge is 0.379 e. The van der Waals surface area contributed by atoms with Crippen LogP contribution in [0.4, 0.5) is 15.9 Å². The van der Waals surface area contributed by atoms with Gasteiger partial charge in [0.1, 0.15) is 11.6 Å². The summed E-state index contributed by atoms with van der Waals surface area (Å²) in [6.07, 6.45) is 8.10. The van der Waals surface area contributed by atoms with E-state index < -0.39 is 0 Å². The smallest absolute Gasteiger partial charge is 0.141 e. The zero-order chi connectivity index (χ0) is 21.9. The van der Waals surface area contributed by atoms with E-state index in [0.717, 1.165) is 18.9 Å². The van der Waals surface area contributed by atoms with E-state index in [2.05, 4.69) is 40.9 Å². The van der Waals surface area contributed by atoms with Gasteiger partial charge in [0, 0.05) is 34.3 Å². The summed E-state index contributed by atoms with van der Waals surface area (Å²) in [5.41, 5.74) is 2.15. The predicted molar refractivity (Wildman–Crippen MR) is 130 cm³/mol. The van der Waals surface area contributed by atoms with E-state index >= 15 is 0 Å². The molecule has 1 aliphatic carbocycles. The van der Waals surface area contributed by atoms with Crippen molar-refractivity contribution in [1.82, 2.24) is 15.3 Å². The van der Waals surface area contributed by atoms with Crippen LogP contribution in [-0.4, -0.2) is 41.5 Å². The Balaban J connectivity index is 1.37. The normalized spacial score (nSPS) is 21.3. The average Bonchev–Trinajstić information content (AvgIpc) is 3.28. The Bertz CT molecular complexity index is 1050. The highest BCUT2D eigenvalue weighted by molar-refractivity contribution is 8.00.